The van der Waals surface area contributed by atoms with Gasteiger partial charge in [0.25, 0.3) is 0 Å². The standard InChI is InChI=1S/C15H21BrO2/c1-2-9-18-14-8-7-12(10-13(14)16)15(17)11-5-3-4-6-11/h7-8,10-11,15,17H,2-6,9H2,1H3. The number of aliphatic hydroxyl groups excluding tert-OH is 1. The van der Waals surface area contributed by atoms with E-state index >= 15 is 0 Å². The molecule has 3 heteroatoms. The van der Waals surface area contributed by atoms with Crippen molar-refractivity contribution < 1.29 is 9.84 Å². The van der Waals surface area contributed by atoms with Gasteiger partial charge in [0.05, 0.1) is 17.2 Å². The van der Waals surface area contributed by atoms with Gasteiger partial charge in [-0.15, -0.1) is 0 Å². The zero-order chi connectivity index (χ0) is 13.0. The maximum Gasteiger partial charge on any atom is 0.133 e. The predicted octanol–water partition coefficient (Wildman–Crippen LogP) is 4.46. The Morgan fingerprint density at radius 3 is 2.72 bits per heavy atom. The molecule has 1 aliphatic rings. The first-order valence-electron chi connectivity index (χ1n) is 6.82. The summed E-state index contributed by atoms with van der Waals surface area (Å²) in [4.78, 5) is 0. The van der Waals surface area contributed by atoms with E-state index in [9.17, 15) is 5.11 Å². The summed E-state index contributed by atoms with van der Waals surface area (Å²) in [6, 6.07) is 5.93. The molecule has 2 rings (SSSR count). The first-order valence-corrected chi connectivity index (χ1v) is 7.62. The Balaban J connectivity index is 2.07. The zero-order valence-electron chi connectivity index (χ0n) is 10.9. The van der Waals surface area contributed by atoms with E-state index in [-0.39, 0.29) is 6.10 Å². The zero-order valence-corrected chi connectivity index (χ0v) is 12.4. The fourth-order valence-corrected chi connectivity index (χ4v) is 3.09. The molecular formula is C15H21BrO2. The van der Waals surface area contributed by atoms with Crippen molar-refractivity contribution in [3.63, 3.8) is 0 Å². The van der Waals surface area contributed by atoms with E-state index in [2.05, 4.69) is 22.9 Å². The smallest absolute Gasteiger partial charge is 0.133 e. The van der Waals surface area contributed by atoms with Gasteiger partial charge < -0.3 is 9.84 Å². The largest absolute Gasteiger partial charge is 0.492 e. The van der Waals surface area contributed by atoms with Crippen LogP contribution in [0.4, 0.5) is 0 Å². The Hall–Kier alpha value is -0.540. The third kappa shape index (κ3) is 3.27. The lowest BCUT2D eigenvalue weighted by Crippen LogP contribution is -2.09. The molecule has 1 fully saturated rings. The lowest BCUT2D eigenvalue weighted by atomic mass is 9.94. The van der Waals surface area contributed by atoms with Gasteiger partial charge >= 0.3 is 0 Å². The Bertz CT molecular complexity index is 386. The molecule has 0 amide bonds. The van der Waals surface area contributed by atoms with E-state index in [0.29, 0.717) is 5.92 Å². The second-order valence-corrected chi connectivity index (χ2v) is 5.88. The van der Waals surface area contributed by atoms with Crippen molar-refractivity contribution in [3.8, 4) is 5.75 Å². The fourth-order valence-electron chi connectivity index (χ4n) is 2.58. The molecule has 0 heterocycles. The molecule has 1 saturated carbocycles. The van der Waals surface area contributed by atoms with E-state index in [1.165, 1.54) is 12.8 Å². The molecule has 0 aromatic heterocycles. The van der Waals surface area contributed by atoms with Crippen molar-refractivity contribution in [1.82, 2.24) is 0 Å². The van der Waals surface area contributed by atoms with Crippen molar-refractivity contribution in [1.29, 1.82) is 0 Å². The van der Waals surface area contributed by atoms with Gasteiger partial charge in [0.1, 0.15) is 5.75 Å². The van der Waals surface area contributed by atoms with Crippen molar-refractivity contribution in [2.45, 2.75) is 45.1 Å². The van der Waals surface area contributed by atoms with Gasteiger partial charge in [-0.1, -0.05) is 25.8 Å². The van der Waals surface area contributed by atoms with E-state index in [1.54, 1.807) is 0 Å². The summed E-state index contributed by atoms with van der Waals surface area (Å²) in [6.45, 7) is 2.81. The molecule has 100 valence electrons. The molecule has 1 aliphatic carbocycles. The van der Waals surface area contributed by atoms with Crippen LogP contribution in [0.5, 0.6) is 5.75 Å². The van der Waals surface area contributed by atoms with Crippen molar-refractivity contribution in [2.75, 3.05) is 6.61 Å². The highest BCUT2D eigenvalue weighted by Crippen LogP contribution is 2.37. The summed E-state index contributed by atoms with van der Waals surface area (Å²) in [5.41, 5.74) is 0.998. The Morgan fingerprint density at radius 1 is 1.39 bits per heavy atom. The summed E-state index contributed by atoms with van der Waals surface area (Å²) in [5, 5.41) is 10.4. The number of ether oxygens (including phenoxy) is 1. The van der Waals surface area contributed by atoms with E-state index < -0.39 is 0 Å². The van der Waals surface area contributed by atoms with E-state index in [0.717, 1.165) is 41.7 Å². The first kappa shape index (κ1) is 13.9. The normalized spacial score (nSPS) is 17.9. The van der Waals surface area contributed by atoms with Crippen LogP contribution in [0.2, 0.25) is 0 Å². The monoisotopic (exact) mass is 312 g/mol. The van der Waals surface area contributed by atoms with Crippen LogP contribution in [-0.2, 0) is 0 Å². The molecule has 0 aliphatic heterocycles. The van der Waals surface area contributed by atoms with Crippen LogP contribution < -0.4 is 4.74 Å². The first-order chi connectivity index (χ1) is 8.72. The van der Waals surface area contributed by atoms with Gasteiger partial charge in [0.15, 0.2) is 0 Å². The van der Waals surface area contributed by atoms with Crippen molar-refractivity contribution >= 4 is 15.9 Å². The van der Waals surface area contributed by atoms with Crippen molar-refractivity contribution in [3.05, 3.63) is 28.2 Å². The SMILES string of the molecule is CCCOc1ccc(C(O)C2CCCC2)cc1Br. The minimum absolute atomic E-state index is 0.330. The fraction of sp³-hybridized carbons (Fsp3) is 0.600. The second kappa shape index (κ2) is 6.58. The van der Waals surface area contributed by atoms with Crippen molar-refractivity contribution in [2.24, 2.45) is 5.92 Å². The minimum atomic E-state index is -0.330. The maximum absolute atomic E-state index is 10.4. The van der Waals surface area contributed by atoms with Gasteiger partial charge in [-0.05, 0) is 58.8 Å². The molecule has 0 bridgehead atoms. The molecule has 0 spiro atoms. The number of hydrogen-bond acceptors (Lipinski definition) is 2. The topological polar surface area (TPSA) is 29.5 Å². The Kier molecular flexibility index (Phi) is 5.07. The highest BCUT2D eigenvalue weighted by atomic mass is 79.9. The lowest BCUT2D eigenvalue weighted by Gasteiger charge is -2.19. The van der Waals surface area contributed by atoms with Crippen LogP contribution in [0.25, 0.3) is 0 Å². The average Bonchev–Trinajstić information content (AvgIpc) is 2.90. The molecule has 2 nitrogen and oxygen atoms in total. The molecule has 1 atom stereocenters. The molecule has 1 aromatic rings. The minimum Gasteiger partial charge on any atom is -0.492 e. The summed E-state index contributed by atoms with van der Waals surface area (Å²) in [5.74, 6) is 1.29. The maximum atomic E-state index is 10.4. The Morgan fingerprint density at radius 2 is 2.11 bits per heavy atom. The molecule has 1 N–H and O–H groups in total. The van der Waals surface area contributed by atoms with E-state index in [1.807, 2.05) is 18.2 Å². The quantitative estimate of drug-likeness (QED) is 0.869. The highest BCUT2D eigenvalue weighted by molar-refractivity contribution is 9.10. The summed E-state index contributed by atoms with van der Waals surface area (Å²) >= 11 is 3.52. The van der Waals surface area contributed by atoms with Crippen LogP contribution in [0.1, 0.15) is 50.7 Å². The lowest BCUT2D eigenvalue weighted by molar-refractivity contribution is 0.111. The summed E-state index contributed by atoms with van der Waals surface area (Å²) < 4.78 is 6.55. The molecule has 0 radical (unpaired) electrons. The highest BCUT2D eigenvalue weighted by Gasteiger charge is 2.24. The van der Waals surface area contributed by atoms with Crippen LogP contribution in [0, 0.1) is 5.92 Å². The molecular weight excluding hydrogens is 292 g/mol. The molecule has 1 unspecified atom stereocenters. The van der Waals surface area contributed by atoms with E-state index in [4.69, 9.17) is 4.74 Å². The van der Waals surface area contributed by atoms with Gasteiger partial charge in [0, 0.05) is 0 Å². The number of benzene rings is 1. The van der Waals surface area contributed by atoms with Gasteiger partial charge in [-0.2, -0.15) is 0 Å². The number of aliphatic hydroxyl groups is 1. The number of halogens is 1. The third-order valence-electron chi connectivity index (χ3n) is 3.61. The van der Waals surface area contributed by atoms with Gasteiger partial charge in [-0.3, -0.25) is 0 Å². The van der Waals surface area contributed by atoms with Crippen LogP contribution in [-0.4, -0.2) is 11.7 Å². The molecule has 0 saturated heterocycles. The van der Waals surface area contributed by atoms with Crippen LogP contribution >= 0.6 is 15.9 Å². The Labute approximate surface area is 117 Å². The number of rotatable bonds is 5. The van der Waals surface area contributed by atoms with Gasteiger partial charge in [-0.25, -0.2) is 0 Å². The van der Waals surface area contributed by atoms with Gasteiger partial charge in [0.2, 0.25) is 0 Å². The predicted molar refractivity (Wildman–Crippen MR) is 76.8 cm³/mol. The average molecular weight is 313 g/mol. The second-order valence-electron chi connectivity index (χ2n) is 5.03. The number of hydrogen-bond donors (Lipinski definition) is 1. The molecule has 18 heavy (non-hydrogen) atoms. The summed E-state index contributed by atoms with van der Waals surface area (Å²) in [7, 11) is 0. The molecule has 1 aromatic carbocycles. The van der Waals surface area contributed by atoms with Crippen LogP contribution in [0.3, 0.4) is 0 Å². The van der Waals surface area contributed by atoms with Crippen LogP contribution in [0.15, 0.2) is 22.7 Å². The third-order valence-corrected chi connectivity index (χ3v) is 4.23. The summed E-state index contributed by atoms with van der Waals surface area (Å²) in [6.07, 6.45) is 5.46.